The van der Waals surface area contributed by atoms with Crippen LogP contribution in [0.1, 0.15) is 0 Å². The standard InChI is InChI=1S/C10H11N5O4S2/c1-19-9(16)6-15-10(12-13-14-15)20-7-4-2-3-5-8(7)21(11,17)18/h2-5H,6H2,1H3,(H2,11,17,18). The molecule has 0 amide bonds. The zero-order valence-corrected chi connectivity index (χ0v) is 12.5. The number of esters is 1. The molecule has 0 atom stereocenters. The van der Waals surface area contributed by atoms with E-state index in [1.54, 1.807) is 18.2 Å². The lowest BCUT2D eigenvalue weighted by atomic mass is 10.4. The minimum atomic E-state index is -3.87. The lowest BCUT2D eigenvalue weighted by molar-refractivity contribution is -0.141. The smallest absolute Gasteiger partial charge is 0.327 e. The molecule has 112 valence electrons. The maximum absolute atomic E-state index is 11.5. The quantitative estimate of drug-likeness (QED) is 0.736. The summed E-state index contributed by atoms with van der Waals surface area (Å²) in [6.45, 7) is -0.177. The van der Waals surface area contributed by atoms with Crippen LogP contribution in [0.3, 0.4) is 0 Å². The van der Waals surface area contributed by atoms with Gasteiger partial charge in [-0.1, -0.05) is 12.1 Å². The molecule has 0 spiro atoms. The van der Waals surface area contributed by atoms with E-state index in [9.17, 15) is 13.2 Å². The van der Waals surface area contributed by atoms with Crippen LogP contribution >= 0.6 is 11.8 Å². The van der Waals surface area contributed by atoms with Gasteiger partial charge in [-0.15, -0.1) is 5.10 Å². The average molecular weight is 329 g/mol. The van der Waals surface area contributed by atoms with Crippen molar-refractivity contribution >= 4 is 27.8 Å². The summed E-state index contributed by atoms with van der Waals surface area (Å²) in [6.07, 6.45) is 0. The van der Waals surface area contributed by atoms with E-state index in [4.69, 9.17) is 5.14 Å². The number of aromatic nitrogens is 4. The number of methoxy groups -OCH3 is 1. The van der Waals surface area contributed by atoms with Gasteiger partial charge in [-0.2, -0.15) is 0 Å². The van der Waals surface area contributed by atoms with Gasteiger partial charge in [0.2, 0.25) is 15.2 Å². The molecule has 1 heterocycles. The van der Waals surface area contributed by atoms with Crippen molar-refractivity contribution in [3.8, 4) is 0 Å². The predicted octanol–water partition coefficient (Wildman–Crippen LogP) is -0.355. The number of nitrogens with zero attached hydrogens (tertiary/aromatic N) is 4. The van der Waals surface area contributed by atoms with Crippen LogP contribution in [-0.4, -0.2) is 41.7 Å². The normalized spacial score (nSPS) is 11.3. The Kier molecular flexibility index (Phi) is 4.55. The number of nitrogens with two attached hydrogens (primary N) is 1. The average Bonchev–Trinajstić information content (AvgIpc) is 2.85. The van der Waals surface area contributed by atoms with Gasteiger partial charge in [-0.25, -0.2) is 18.2 Å². The fourth-order valence-corrected chi connectivity index (χ4v) is 3.31. The van der Waals surface area contributed by atoms with Crippen molar-refractivity contribution < 1.29 is 17.9 Å². The topological polar surface area (TPSA) is 130 Å². The summed E-state index contributed by atoms with van der Waals surface area (Å²) in [5, 5.41) is 16.2. The van der Waals surface area contributed by atoms with Crippen LogP contribution in [0.5, 0.6) is 0 Å². The molecule has 0 saturated heterocycles. The highest BCUT2D eigenvalue weighted by Crippen LogP contribution is 2.30. The van der Waals surface area contributed by atoms with Gasteiger partial charge in [-0.05, 0) is 34.3 Å². The van der Waals surface area contributed by atoms with Crippen LogP contribution in [-0.2, 0) is 26.1 Å². The van der Waals surface area contributed by atoms with E-state index in [2.05, 4.69) is 20.3 Å². The Morgan fingerprint density at radius 1 is 1.43 bits per heavy atom. The molecule has 9 nitrogen and oxygen atoms in total. The van der Waals surface area contributed by atoms with Crippen molar-refractivity contribution in [2.75, 3.05) is 7.11 Å². The van der Waals surface area contributed by atoms with Gasteiger partial charge >= 0.3 is 5.97 Å². The lowest BCUT2D eigenvalue weighted by Crippen LogP contribution is -2.15. The first-order chi connectivity index (χ1) is 9.91. The summed E-state index contributed by atoms with van der Waals surface area (Å²) in [6, 6.07) is 6.17. The molecule has 1 aromatic heterocycles. The highest BCUT2D eigenvalue weighted by molar-refractivity contribution is 8.00. The van der Waals surface area contributed by atoms with Crippen LogP contribution in [0.15, 0.2) is 39.2 Å². The minimum Gasteiger partial charge on any atom is -0.468 e. The van der Waals surface area contributed by atoms with Crippen LogP contribution < -0.4 is 5.14 Å². The number of hydrogen-bond donors (Lipinski definition) is 1. The van der Waals surface area contributed by atoms with Crippen molar-refractivity contribution in [3.05, 3.63) is 24.3 Å². The number of benzene rings is 1. The molecule has 0 aliphatic carbocycles. The summed E-state index contributed by atoms with van der Waals surface area (Å²) < 4.78 is 28.8. The summed E-state index contributed by atoms with van der Waals surface area (Å²) in [7, 11) is -2.62. The molecule has 0 aliphatic heterocycles. The Balaban J connectivity index is 2.32. The molecule has 2 N–H and O–H groups in total. The third-order valence-corrected chi connectivity index (χ3v) is 4.51. The number of ether oxygens (including phenoxy) is 1. The Labute approximate surface area is 124 Å². The van der Waals surface area contributed by atoms with Crippen LogP contribution in [0.4, 0.5) is 0 Å². The van der Waals surface area contributed by atoms with E-state index in [1.807, 2.05) is 0 Å². The summed E-state index contributed by atoms with van der Waals surface area (Å²) in [5.74, 6) is -0.524. The van der Waals surface area contributed by atoms with E-state index < -0.39 is 16.0 Å². The van der Waals surface area contributed by atoms with Gasteiger partial charge < -0.3 is 4.74 Å². The lowest BCUT2D eigenvalue weighted by Gasteiger charge is -2.06. The van der Waals surface area contributed by atoms with Crippen molar-refractivity contribution in [1.29, 1.82) is 0 Å². The van der Waals surface area contributed by atoms with Gasteiger partial charge in [-0.3, -0.25) is 4.79 Å². The number of sulfonamides is 1. The van der Waals surface area contributed by atoms with Crippen LogP contribution in [0, 0.1) is 0 Å². The molecule has 0 aliphatic rings. The molecule has 0 fully saturated rings. The van der Waals surface area contributed by atoms with E-state index in [0.29, 0.717) is 4.90 Å². The van der Waals surface area contributed by atoms with Gasteiger partial charge in [0.1, 0.15) is 6.54 Å². The Hall–Kier alpha value is -1.98. The first kappa shape index (κ1) is 15.4. The van der Waals surface area contributed by atoms with Gasteiger partial charge in [0.25, 0.3) is 0 Å². The number of primary sulfonamides is 1. The van der Waals surface area contributed by atoms with Gasteiger partial charge in [0, 0.05) is 4.90 Å². The molecule has 0 radical (unpaired) electrons. The molecule has 0 unspecified atom stereocenters. The van der Waals surface area contributed by atoms with Gasteiger partial charge in [0.15, 0.2) is 0 Å². The number of hydrogen-bond acceptors (Lipinski definition) is 8. The second-order valence-electron chi connectivity index (χ2n) is 3.79. The third-order valence-electron chi connectivity index (χ3n) is 2.36. The summed E-state index contributed by atoms with van der Waals surface area (Å²) >= 11 is 0.987. The van der Waals surface area contributed by atoms with Crippen LogP contribution in [0.25, 0.3) is 0 Å². The Bertz CT molecular complexity index is 758. The van der Waals surface area contributed by atoms with E-state index in [0.717, 1.165) is 11.8 Å². The Morgan fingerprint density at radius 2 is 2.14 bits per heavy atom. The molecule has 2 rings (SSSR count). The maximum Gasteiger partial charge on any atom is 0.327 e. The second-order valence-corrected chi connectivity index (χ2v) is 6.33. The zero-order valence-electron chi connectivity index (χ0n) is 10.8. The molecule has 0 saturated carbocycles. The fraction of sp³-hybridized carbons (Fsp3) is 0.200. The molecule has 21 heavy (non-hydrogen) atoms. The maximum atomic E-state index is 11.5. The third kappa shape index (κ3) is 3.77. The minimum absolute atomic E-state index is 0.0392. The first-order valence-corrected chi connectivity index (χ1v) is 7.91. The van der Waals surface area contributed by atoms with Crippen molar-refractivity contribution in [2.45, 2.75) is 21.5 Å². The fourth-order valence-electron chi connectivity index (χ4n) is 1.42. The predicted molar refractivity (Wildman–Crippen MR) is 71.8 cm³/mol. The molecule has 0 bridgehead atoms. The van der Waals surface area contributed by atoms with E-state index in [1.165, 1.54) is 17.9 Å². The molecule has 11 heteroatoms. The number of carbonyl (C=O) groups excluding carboxylic acids is 1. The van der Waals surface area contributed by atoms with E-state index >= 15 is 0 Å². The molecule has 2 aromatic rings. The number of carbonyl (C=O) groups is 1. The van der Waals surface area contributed by atoms with E-state index in [-0.39, 0.29) is 16.6 Å². The molecule has 1 aromatic carbocycles. The molecular weight excluding hydrogens is 318 g/mol. The SMILES string of the molecule is COC(=O)Cn1nnnc1Sc1ccccc1S(N)(=O)=O. The van der Waals surface area contributed by atoms with Gasteiger partial charge in [0.05, 0.1) is 12.0 Å². The first-order valence-electron chi connectivity index (χ1n) is 5.54. The van der Waals surface area contributed by atoms with Crippen LogP contribution in [0.2, 0.25) is 0 Å². The largest absolute Gasteiger partial charge is 0.468 e. The second kappa shape index (κ2) is 6.20. The van der Waals surface area contributed by atoms with Crippen molar-refractivity contribution in [1.82, 2.24) is 20.2 Å². The van der Waals surface area contributed by atoms with Crippen molar-refractivity contribution in [3.63, 3.8) is 0 Å². The highest BCUT2D eigenvalue weighted by atomic mass is 32.2. The van der Waals surface area contributed by atoms with Crippen molar-refractivity contribution in [2.24, 2.45) is 5.14 Å². The summed E-state index contributed by atoms with van der Waals surface area (Å²) in [5.41, 5.74) is 0. The molecular formula is C10H11N5O4S2. The summed E-state index contributed by atoms with van der Waals surface area (Å²) in [4.78, 5) is 11.6. The Morgan fingerprint density at radius 3 is 2.81 bits per heavy atom. The highest BCUT2D eigenvalue weighted by Gasteiger charge is 2.18. The zero-order chi connectivity index (χ0) is 15.5. The monoisotopic (exact) mass is 329 g/mol. The number of rotatable bonds is 5. The number of tetrazole rings is 1.